The van der Waals surface area contributed by atoms with Gasteiger partial charge in [-0.2, -0.15) is 0 Å². The maximum atomic E-state index is 13.5. The fraction of sp³-hybridized carbons (Fsp3) is 0.200. The van der Waals surface area contributed by atoms with E-state index in [2.05, 4.69) is 25.2 Å². The van der Waals surface area contributed by atoms with Gasteiger partial charge in [-0.15, -0.1) is 10.2 Å². The predicted octanol–water partition coefficient (Wildman–Crippen LogP) is 2.22. The fourth-order valence-electron chi connectivity index (χ4n) is 3.57. The van der Waals surface area contributed by atoms with Gasteiger partial charge in [-0.1, -0.05) is 6.08 Å². The summed E-state index contributed by atoms with van der Waals surface area (Å²) < 4.78 is 21.0. The first kappa shape index (κ1) is 16.6. The second-order valence-electron chi connectivity index (χ2n) is 6.67. The molecule has 0 saturated carbocycles. The molecule has 0 spiro atoms. The molecule has 3 aromatic rings. The van der Waals surface area contributed by atoms with Gasteiger partial charge in [0.05, 0.1) is 17.0 Å². The summed E-state index contributed by atoms with van der Waals surface area (Å²) in [7, 11) is 0. The number of aryl methyl sites for hydroxylation is 1. The molecule has 0 atom stereocenters. The Labute approximate surface area is 159 Å². The molecular formula is C20H17FN6O. The molecule has 1 N–H and O–H groups in total. The molecule has 0 bridgehead atoms. The topological polar surface area (TPSA) is 84.9 Å². The third-order valence-electron chi connectivity index (χ3n) is 4.83. The largest absolute Gasteiger partial charge is 0.424 e. The van der Waals surface area contributed by atoms with Crippen molar-refractivity contribution in [1.82, 2.24) is 24.7 Å². The lowest BCUT2D eigenvalue weighted by molar-refractivity contribution is 0.452. The number of rotatable bonds is 2. The number of nitrogens with one attached hydrogen (secondary N) is 1. The van der Waals surface area contributed by atoms with Crippen LogP contribution in [0.2, 0.25) is 0 Å². The third-order valence-corrected chi connectivity index (χ3v) is 4.83. The van der Waals surface area contributed by atoms with Crippen LogP contribution in [0.3, 0.4) is 0 Å². The molecule has 2 aliphatic rings. The summed E-state index contributed by atoms with van der Waals surface area (Å²) >= 11 is 0. The van der Waals surface area contributed by atoms with E-state index >= 15 is 0 Å². The van der Waals surface area contributed by atoms with Crippen LogP contribution >= 0.6 is 0 Å². The maximum absolute atomic E-state index is 13.5. The zero-order chi connectivity index (χ0) is 19.1. The molecule has 4 heterocycles. The van der Waals surface area contributed by atoms with Crippen LogP contribution in [0.1, 0.15) is 30.2 Å². The third kappa shape index (κ3) is 2.83. The summed E-state index contributed by atoms with van der Waals surface area (Å²) in [6.07, 6.45) is 11.5. The summed E-state index contributed by atoms with van der Waals surface area (Å²) in [5, 5.41) is 9.80. The summed E-state index contributed by atoms with van der Waals surface area (Å²) in [5.74, 6) is 1.63. The number of fused-ring (bicyclic) bond motifs is 1. The number of aliphatic imine (C=N–C) groups is 1. The first-order valence-electron chi connectivity index (χ1n) is 8.99. The molecule has 1 aliphatic heterocycles. The van der Waals surface area contributed by atoms with Gasteiger partial charge in [0.15, 0.2) is 0 Å². The number of nitrogens with zero attached hydrogens (tertiary/aromatic N) is 5. The quantitative estimate of drug-likeness (QED) is 0.743. The van der Waals surface area contributed by atoms with Crippen molar-refractivity contribution >= 4 is 23.2 Å². The number of allylic oxidation sites excluding steroid dienone is 4. The Kier molecular flexibility index (Phi) is 3.89. The number of imidazole rings is 1. The Morgan fingerprint density at radius 1 is 1.25 bits per heavy atom. The van der Waals surface area contributed by atoms with Crippen LogP contribution in [-0.4, -0.2) is 30.9 Å². The lowest BCUT2D eigenvalue weighted by Gasteiger charge is -2.11. The highest BCUT2D eigenvalue weighted by molar-refractivity contribution is 5.88. The highest BCUT2D eigenvalue weighted by Crippen LogP contribution is 2.28. The van der Waals surface area contributed by atoms with Crippen molar-refractivity contribution in [2.24, 2.45) is 4.99 Å². The molecule has 0 saturated heterocycles. The Bertz CT molecular complexity index is 1270. The second kappa shape index (κ2) is 6.56. The minimum Gasteiger partial charge on any atom is -0.424 e. The number of H-pyrrole nitrogens is 1. The van der Waals surface area contributed by atoms with Crippen LogP contribution in [0.15, 0.2) is 52.1 Å². The Morgan fingerprint density at radius 2 is 2.18 bits per heavy atom. The van der Waals surface area contributed by atoms with Crippen LogP contribution < -0.4 is 10.7 Å². The van der Waals surface area contributed by atoms with Gasteiger partial charge >= 0.3 is 0 Å². The molecule has 0 fully saturated rings. The van der Waals surface area contributed by atoms with Crippen molar-refractivity contribution in [2.45, 2.75) is 26.3 Å². The molecule has 7 nitrogen and oxygen atoms in total. The van der Waals surface area contributed by atoms with Gasteiger partial charge in [-0.25, -0.2) is 14.4 Å². The molecule has 5 rings (SSSR count). The van der Waals surface area contributed by atoms with Crippen molar-refractivity contribution in [3.8, 4) is 0 Å². The second-order valence-corrected chi connectivity index (χ2v) is 6.67. The van der Waals surface area contributed by atoms with E-state index in [9.17, 15) is 4.39 Å². The zero-order valence-corrected chi connectivity index (χ0v) is 15.2. The van der Waals surface area contributed by atoms with E-state index in [4.69, 9.17) is 4.42 Å². The number of halogens is 1. The van der Waals surface area contributed by atoms with E-state index in [0.29, 0.717) is 31.2 Å². The van der Waals surface area contributed by atoms with E-state index in [1.807, 2.05) is 23.0 Å². The fourth-order valence-corrected chi connectivity index (χ4v) is 3.57. The van der Waals surface area contributed by atoms with Crippen LogP contribution in [-0.2, 0) is 6.54 Å². The average Bonchev–Trinajstić information content (AvgIpc) is 3.42. The minimum atomic E-state index is -0.226. The Hall–Kier alpha value is -3.55. The summed E-state index contributed by atoms with van der Waals surface area (Å²) in [6, 6.07) is 2.01. The van der Waals surface area contributed by atoms with Gasteiger partial charge < -0.3 is 14.0 Å². The number of aromatic amines is 1. The summed E-state index contributed by atoms with van der Waals surface area (Å²) in [5.41, 5.74) is 3.10. The van der Waals surface area contributed by atoms with Crippen LogP contribution in [0, 0.1) is 6.92 Å². The van der Waals surface area contributed by atoms with Gasteiger partial charge in [0.1, 0.15) is 18.2 Å². The first-order chi connectivity index (χ1) is 13.7. The molecule has 8 heteroatoms. The van der Waals surface area contributed by atoms with Crippen LogP contribution in [0.5, 0.6) is 0 Å². The van der Waals surface area contributed by atoms with Gasteiger partial charge in [0, 0.05) is 31.3 Å². The Morgan fingerprint density at radius 3 is 2.96 bits per heavy atom. The van der Waals surface area contributed by atoms with Gasteiger partial charge in [0.2, 0.25) is 11.8 Å². The molecule has 0 radical (unpaired) electrons. The highest BCUT2D eigenvalue weighted by atomic mass is 19.1. The molecule has 3 aromatic heterocycles. The lowest BCUT2D eigenvalue weighted by Crippen LogP contribution is -2.35. The monoisotopic (exact) mass is 376 g/mol. The SMILES string of the molecule is Cc1nnc(Cn2cnc(=C3C=CC(F)=CC3)c2=C2CC=Nc3[nH]ccc32)o1. The highest BCUT2D eigenvalue weighted by Gasteiger charge is 2.18. The van der Waals surface area contributed by atoms with E-state index < -0.39 is 0 Å². The molecule has 0 amide bonds. The number of hydrogen-bond acceptors (Lipinski definition) is 5. The van der Waals surface area contributed by atoms with Gasteiger partial charge in [-0.05, 0) is 35.8 Å². The van der Waals surface area contributed by atoms with Crippen molar-refractivity contribution < 1.29 is 8.81 Å². The summed E-state index contributed by atoms with van der Waals surface area (Å²) in [4.78, 5) is 12.2. The van der Waals surface area contributed by atoms with Gasteiger partial charge in [-0.3, -0.25) is 0 Å². The van der Waals surface area contributed by atoms with E-state index in [-0.39, 0.29) is 5.83 Å². The van der Waals surface area contributed by atoms with E-state index in [1.54, 1.807) is 25.4 Å². The number of hydrogen-bond donors (Lipinski definition) is 1. The minimum absolute atomic E-state index is 0.226. The van der Waals surface area contributed by atoms with Crippen molar-refractivity contribution in [1.29, 1.82) is 0 Å². The van der Waals surface area contributed by atoms with Crippen molar-refractivity contribution in [3.63, 3.8) is 0 Å². The predicted molar refractivity (Wildman–Crippen MR) is 102 cm³/mol. The van der Waals surface area contributed by atoms with Gasteiger partial charge in [0.25, 0.3) is 0 Å². The molecule has 0 aromatic carbocycles. The first-order valence-corrected chi connectivity index (χ1v) is 8.99. The van der Waals surface area contributed by atoms with E-state index in [1.165, 1.54) is 6.08 Å². The summed E-state index contributed by atoms with van der Waals surface area (Å²) in [6.45, 7) is 2.17. The van der Waals surface area contributed by atoms with E-state index in [0.717, 1.165) is 33.2 Å². The molecule has 1 aliphatic carbocycles. The molecule has 140 valence electrons. The number of aromatic nitrogens is 5. The van der Waals surface area contributed by atoms with Crippen molar-refractivity contribution in [3.05, 3.63) is 70.7 Å². The molecule has 28 heavy (non-hydrogen) atoms. The Balaban J connectivity index is 1.77. The van der Waals surface area contributed by atoms with Crippen molar-refractivity contribution in [2.75, 3.05) is 0 Å². The lowest BCUT2D eigenvalue weighted by atomic mass is 10.0. The van der Waals surface area contributed by atoms with Crippen LogP contribution in [0.25, 0.3) is 11.1 Å². The normalized spacial score (nSPS) is 19.7. The average molecular weight is 376 g/mol. The zero-order valence-electron chi connectivity index (χ0n) is 15.2. The maximum Gasteiger partial charge on any atom is 0.236 e. The molecular weight excluding hydrogens is 359 g/mol. The standard InChI is InChI=1S/C20H17FN6O/c1-12-25-26-17(28-12)10-27-11-24-18(13-2-4-14(21)5-3-13)19(27)15-6-8-22-20-16(15)7-9-23-20/h2,4-5,7-9,11,23H,3,6,10H2,1H3. The smallest absolute Gasteiger partial charge is 0.236 e. The molecule has 0 unspecified atom stereocenters. The van der Waals surface area contributed by atoms with Crippen LogP contribution in [0.4, 0.5) is 10.2 Å².